The summed E-state index contributed by atoms with van der Waals surface area (Å²) in [6, 6.07) is 11.5. The molecule has 23 heavy (non-hydrogen) atoms. The Morgan fingerprint density at radius 3 is 2.48 bits per heavy atom. The number of rotatable bonds is 5. The van der Waals surface area contributed by atoms with Crippen molar-refractivity contribution in [2.24, 2.45) is 0 Å². The number of carbonyl (C=O) groups is 1. The summed E-state index contributed by atoms with van der Waals surface area (Å²) in [5, 5.41) is 13.7. The molecule has 0 aliphatic heterocycles. The maximum Gasteiger partial charge on any atom is 0.269 e. The first kappa shape index (κ1) is 17.3. The van der Waals surface area contributed by atoms with Crippen LogP contribution in [0.15, 0.2) is 47.4 Å². The van der Waals surface area contributed by atoms with E-state index in [0.29, 0.717) is 10.7 Å². The molecule has 5 nitrogen and oxygen atoms in total. The Labute approximate surface area is 143 Å². The van der Waals surface area contributed by atoms with E-state index >= 15 is 0 Å². The van der Waals surface area contributed by atoms with Gasteiger partial charge in [0, 0.05) is 27.7 Å². The first-order valence-corrected chi connectivity index (χ1v) is 8.10. The van der Waals surface area contributed by atoms with Gasteiger partial charge in [-0.05, 0) is 43.7 Å². The van der Waals surface area contributed by atoms with E-state index in [1.807, 2.05) is 13.0 Å². The normalized spacial score (nSPS) is 11.8. The molecule has 0 bridgehead atoms. The number of thioether (sulfide) groups is 1. The lowest BCUT2D eigenvalue weighted by molar-refractivity contribution is -0.384. The molecule has 1 N–H and O–H groups in total. The number of nitrogens with one attached hydrogen (secondary N) is 1. The molecule has 1 unspecified atom stereocenters. The van der Waals surface area contributed by atoms with Crippen molar-refractivity contribution in [2.45, 2.75) is 24.0 Å². The van der Waals surface area contributed by atoms with E-state index in [0.717, 1.165) is 10.5 Å². The Morgan fingerprint density at radius 1 is 1.26 bits per heavy atom. The van der Waals surface area contributed by atoms with Gasteiger partial charge in [-0.1, -0.05) is 17.7 Å². The standard InChI is InChI=1S/C16H15ClN2O3S/c1-10-3-4-12(9-15(10)17)18-16(20)11(2)23-14-7-5-13(6-8-14)19(21)22/h3-9,11H,1-2H3,(H,18,20). The molecular weight excluding hydrogens is 336 g/mol. The van der Waals surface area contributed by atoms with Crippen LogP contribution in [0.2, 0.25) is 5.02 Å². The van der Waals surface area contributed by atoms with E-state index in [9.17, 15) is 14.9 Å². The molecule has 0 saturated heterocycles. The van der Waals surface area contributed by atoms with Crippen LogP contribution >= 0.6 is 23.4 Å². The predicted molar refractivity (Wildman–Crippen MR) is 93.2 cm³/mol. The van der Waals surface area contributed by atoms with Gasteiger partial charge < -0.3 is 5.32 Å². The van der Waals surface area contributed by atoms with Crippen molar-refractivity contribution in [3.05, 3.63) is 63.2 Å². The fourth-order valence-corrected chi connectivity index (χ4v) is 2.87. The Kier molecular flexibility index (Phi) is 5.63. The third-order valence-corrected chi connectivity index (χ3v) is 4.69. The molecule has 2 aromatic carbocycles. The summed E-state index contributed by atoms with van der Waals surface area (Å²) in [4.78, 5) is 23.2. The quantitative estimate of drug-likeness (QED) is 0.483. The maximum atomic E-state index is 12.2. The van der Waals surface area contributed by atoms with Crippen molar-refractivity contribution in [1.82, 2.24) is 0 Å². The highest BCUT2D eigenvalue weighted by Gasteiger charge is 2.15. The zero-order chi connectivity index (χ0) is 17.0. The third-order valence-electron chi connectivity index (χ3n) is 3.17. The highest BCUT2D eigenvalue weighted by molar-refractivity contribution is 8.00. The average molecular weight is 351 g/mol. The number of anilines is 1. The molecule has 7 heteroatoms. The molecule has 0 radical (unpaired) electrons. The molecule has 0 aromatic heterocycles. The molecule has 0 aliphatic rings. The van der Waals surface area contributed by atoms with Crippen molar-refractivity contribution >= 4 is 40.6 Å². The van der Waals surface area contributed by atoms with Crippen LogP contribution in [0.1, 0.15) is 12.5 Å². The van der Waals surface area contributed by atoms with Crippen molar-refractivity contribution < 1.29 is 9.72 Å². The first-order chi connectivity index (χ1) is 10.9. The SMILES string of the molecule is Cc1ccc(NC(=O)C(C)Sc2ccc([N+](=O)[O-])cc2)cc1Cl. The minimum atomic E-state index is -0.453. The first-order valence-electron chi connectivity index (χ1n) is 6.85. The van der Waals surface area contributed by atoms with Gasteiger partial charge in [0.15, 0.2) is 0 Å². The average Bonchev–Trinajstić information content (AvgIpc) is 2.51. The summed E-state index contributed by atoms with van der Waals surface area (Å²) in [6.07, 6.45) is 0. The number of benzene rings is 2. The number of carbonyl (C=O) groups excluding carboxylic acids is 1. The molecule has 0 saturated carbocycles. The van der Waals surface area contributed by atoms with E-state index < -0.39 is 4.92 Å². The lowest BCUT2D eigenvalue weighted by Crippen LogP contribution is -2.22. The van der Waals surface area contributed by atoms with Crippen LogP contribution in [0.4, 0.5) is 11.4 Å². The van der Waals surface area contributed by atoms with E-state index in [-0.39, 0.29) is 16.8 Å². The Morgan fingerprint density at radius 2 is 1.91 bits per heavy atom. The summed E-state index contributed by atoms with van der Waals surface area (Å²) in [6.45, 7) is 3.66. The zero-order valence-electron chi connectivity index (χ0n) is 12.6. The minimum absolute atomic E-state index is 0.0285. The predicted octanol–water partition coefficient (Wildman–Crippen LogP) is 4.68. The van der Waals surface area contributed by atoms with Crippen molar-refractivity contribution in [3.8, 4) is 0 Å². The number of hydrogen-bond donors (Lipinski definition) is 1. The lowest BCUT2D eigenvalue weighted by atomic mass is 10.2. The molecule has 1 atom stereocenters. The molecule has 0 heterocycles. The van der Waals surface area contributed by atoms with E-state index in [2.05, 4.69) is 5.32 Å². The molecule has 120 valence electrons. The van der Waals surface area contributed by atoms with Crippen molar-refractivity contribution in [2.75, 3.05) is 5.32 Å². The molecule has 0 aliphatic carbocycles. The molecular formula is C16H15ClN2O3S. The molecule has 0 spiro atoms. The topological polar surface area (TPSA) is 72.2 Å². The number of non-ortho nitro benzene ring substituents is 1. The number of halogens is 1. The van der Waals surface area contributed by atoms with E-state index in [1.165, 1.54) is 23.9 Å². The number of amides is 1. The van der Waals surface area contributed by atoms with Crippen LogP contribution in [0, 0.1) is 17.0 Å². The second-order valence-electron chi connectivity index (χ2n) is 4.96. The molecule has 2 rings (SSSR count). The van der Waals surface area contributed by atoms with Gasteiger partial charge in [-0.25, -0.2) is 0 Å². The third kappa shape index (κ3) is 4.71. The van der Waals surface area contributed by atoms with Gasteiger partial charge >= 0.3 is 0 Å². The van der Waals surface area contributed by atoms with Crippen LogP contribution in [0.25, 0.3) is 0 Å². The summed E-state index contributed by atoms with van der Waals surface area (Å²) >= 11 is 7.37. The number of nitro benzene ring substituents is 1. The smallest absolute Gasteiger partial charge is 0.269 e. The van der Waals surface area contributed by atoms with Crippen LogP contribution in [-0.4, -0.2) is 16.1 Å². The van der Waals surface area contributed by atoms with Crippen LogP contribution in [0.5, 0.6) is 0 Å². The second kappa shape index (κ2) is 7.48. The van der Waals surface area contributed by atoms with Crippen LogP contribution in [-0.2, 0) is 4.79 Å². The molecule has 1 amide bonds. The van der Waals surface area contributed by atoms with Gasteiger partial charge in [0.05, 0.1) is 10.2 Å². The van der Waals surface area contributed by atoms with Gasteiger partial charge in [-0.3, -0.25) is 14.9 Å². The Hall–Kier alpha value is -2.05. The van der Waals surface area contributed by atoms with E-state index in [1.54, 1.807) is 31.2 Å². The number of hydrogen-bond acceptors (Lipinski definition) is 4. The van der Waals surface area contributed by atoms with E-state index in [4.69, 9.17) is 11.6 Å². The highest BCUT2D eigenvalue weighted by Crippen LogP contribution is 2.27. The Balaban J connectivity index is 1.99. The zero-order valence-corrected chi connectivity index (χ0v) is 14.1. The minimum Gasteiger partial charge on any atom is -0.325 e. The Bertz CT molecular complexity index is 735. The fraction of sp³-hybridized carbons (Fsp3) is 0.188. The summed E-state index contributed by atoms with van der Waals surface area (Å²) in [7, 11) is 0. The fourth-order valence-electron chi connectivity index (χ4n) is 1.82. The van der Waals surface area contributed by atoms with Crippen LogP contribution in [0.3, 0.4) is 0 Å². The summed E-state index contributed by atoms with van der Waals surface area (Å²) in [5.41, 5.74) is 1.61. The van der Waals surface area contributed by atoms with Crippen LogP contribution < -0.4 is 5.32 Å². The molecule has 2 aromatic rings. The van der Waals surface area contributed by atoms with Gasteiger partial charge in [-0.15, -0.1) is 11.8 Å². The summed E-state index contributed by atoms with van der Waals surface area (Å²) in [5.74, 6) is -0.159. The van der Waals surface area contributed by atoms with Crippen molar-refractivity contribution in [3.63, 3.8) is 0 Å². The largest absolute Gasteiger partial charge is 0.325 e. The lowest BCUT2D eigenvalue weighted by Gasteiger charge is -2.12. The summed E-state index contributed by atoms with van der Waals surface area (Å²) < 4.78 is 0. The number of aryl methyl sites for hydroxylation is 1. The highest BCUT2D eigenvalue weighted by atomic mass is 35.5. The van der Waals surface area contributed by atoms with Gasteiger partial charge in [0.25, 0.3) is 5.69 Å². The molecule has 0 fully saturated rings. The maximum absolute atomic E-state index is 12.2. The van der Waals surface area contributed by atoms with Gasteiger partial charge in [0.1, 0.15) is 0 Å². The van der Waals surface area contributed by atoms with Gasteiger partial charge in [-0.2, -0.15) is 0 Å². The number of nitro groups is 1. The van der Waals surface area contributed by atoms with Gasteiger partial charge in [0.2, 0.25) is 5.91 Å². The number of nitrogens with zero attached hydrogens (tertiary/aromatic N) is 1. The monoisotopic (exact) mass is 350 g/mol. The van der Waals surface area contributed by atoms with Crippen molar-refractivity contribution in [1.29, 1.82) is 0 Å². The second-order valence-corrected chi connectivity index (χ2v) is 6.79.